The van der Waals surface area contributed by atoms with Gasteiger partial charge in [-0.05, 0) is 78.9 Å². The molecule has 224 valence electrons. The molecule has 1 aliphatic rings. The molecule has 0 bridgehead atoms. The molecule has 2 N–H and O–H groups in total. The smallest absolute Gasteiger partial charge is 0.337 e. The number of rotatable bonds is 8. The molecule has 0 amide bonds. The van der Waals surface area contributed by atoms with Gasteiger partial charge in [-0.1, -0.05) is 60.7 Å². The topological polar surface area (TPSA) is 108 Å². The van der Waals surface area contributed by atoms with E-state index in [1.807, 2.05) is 43.3 Å². The van der Waals surface area contributed by atoms with Crippen molar-refractivity contribution in [2.45, 2.75) is 45.8 Å². The van der Waals surface area contributed by atoms with E-state index in [2.05, 4.69) is 69.4 Å². The van der Waals surface area contributed by atoms with Crippen LogP contribution >= 0.6 is 0 Å². The normalized spacial score (nSPS) is 17.1. The molecule has 1 aromatic heterocycles. The highest BCUT2D eigenvalue weighted by atomic mass is 16.4. The van der Waals surface area contributed by atoms with Crippen LogP contribution in [0.1, 0.15) is 46.5 Å². The number of hydrogen-bond acceptors (Lipinski definition) is 7. The Hall–Kier alpha value is -5.02. The Morgan fingerprint density at radius 2 is 1.66 bits per heavy atom. The van der Waals surface area contributed by atoms with Crippen LogP contribution in [-0.2, 0) is 13.0 Å². The van der Waals surface area contributed by atoms with Gasteiger partial charge in [0.2, 0.25) is 5.82 Å². The van der Waals surface area contributed by atoms with Gasteiger partial charge in [0.1, 0.15) is 11.4 Å². The second kappa shape index (κ2) is 12.3. The van der Waals surface area contributed by atoms with Crippen molar-refractivity contribution in [3.05, 3.63) is 119 Å². The monoisotopic (exact) mass is 588 g/mol. The predicted molar refractivity (Wildman–Crippen MR) is 170 cm³/mol. The minimum atomic E-state index is -1.06. The fourth-order valence-electron chi connectivity index (χ4n) is 6.05. The number of tetrazole rings is 1. The number of aromatic carboxylic acids is 1. The molecule has 4 aromatic carbocycles. The van der Waals surface area contributed by atoms with Gasteiger partial charge in [0.25, 0.3) is 0 Å². The van der Waals surface area contributed by atoms with Gasteiger partial charge in [0.15, 0.2) is 0 Å². The first-order valence-electron chi connectivity index (χ1n) is 14.9. The second-order valence-electron chi connectivity index (χ2n) is 11.7. The van der Waals surface area contributed by atoms with Gasteiger partial charge in [-0.2, -0.15) is 0 Å². The first kappa shape index (κ1) is 29.1. The van der Waals surface area contributed by atoms with E-state index in [-0.39, 0.29) is 17.4 Å². The molecule has 1 saturated heterocycles. The summed E-state index contributed by atoms with van der Waals surface area (Å²) in [5, 5.41) is 33.5. The van der Waals surface area contributed by atoms with Crippen LogP contribution in [0.4, 0.5) is 5.69 Å². The standard InChI is InChI=1S/C35H36N6O3/c1-23-13-14-32(35(43)44)33(15-23)41-37-34(36-38-41)31-12-8-7-11-28(31)16-27-17-29(19-30(42)18-27)40-21-24(2)39(20-25(40)3)22-26-9-5-4-6-10-26/h4-15,17-19,24-25,42H,16,20-22H2,1-3H3,(H,43,44)/t24-,25+/m1/s1. The number of anilines is 1. The van der Waals surface area contributed by atoms with Crippen molar-refractivity contribution in [2.75, 3.05) is 18.0 Å². The summed E-state index contributed by atoms with van der Waals surface area (Å²) < 4.78 is 0. The van der Waals surface area contributed by atoms with Gasteiger partial charge in [-0.3, -0.25) is 4.90 Å². The summed E-state index contributed by atoms with van der Waals surface area (Å²) in [7, 11) is 0. The van der Waals surface area contributed by atoms with E-state index in [4.69, 9.17) is 0 Å². The summed E-state index contributed by atoms with van der Waals surface area (Å²) in [4.78, 5) is 18.0. The number of aromatic hydroxyl groups is 1. The molecule has 2 heterocycles. The lowest BCUT2D eigenvalue weighted by Gasteiger charge is -2.45. The quantitative estimate of drug-likeness (QED) is 0.237. The molecule has 0 unspecified atom stereocenters. The van der Waals surface area contributed by atoms with E-state index in [0.29, 0.717) is 24.0 Å². The van der Waals surface area contributed by atoms with Crippen molar-refractivity contribution in [1.82, 2.24) is 25.1 Å². The summed E-state index contributed by atoms with van der Waals surface area (Å²) in [6, 6.07) is 29.9. The first-order valence-corrected chi connectivity index (χ1v) is 14.9. The molecule has 0 saturated carbocycles. The number of phenols is 1. The molecule has 0 spiro atoms. The molecule has 0 radical (unpaired) electrons. The van der Waals surface area contributed by atoms with Crippen LogP contribution in [0.3, 0.4) is 0 Å². The highest BCUT2D eigenvalue weighted by Gasteiger charge is 2.29. The first-order chi connectivity index (χ1) is 21.2. The molecule has 5 aromatic rings. The Morgan fingerprint density at radius 3 is 2.45 bits per heavy atom. The number of piperazine rings is 1. The summed E-state index contributed by atoms with van der Waals surface area (Å²) in [5.41, 5.74) is 6.41. The number of carboxylic acids is 1. The molecular formula is C35H36N6O3. The molecule has 1 aliphatic heterocycles. The zero-order chi connectivity index (χ0) is 30.8. The summed E-state index contributed by atoms with van der Waals surface area (Å²) >= 11 is 0. The molecule has 9 nitrogen and oxygen atoms in total. The lowest BCUT2D eigenvalue weighted by atomic mass is 9.98. The van der Waals surface area contributed by atoms with Gasteiger partial charge in [0.05, 0.1) is 5.56 Å². The Bertz CT molecular complexity index is 1790. The number of nitrogens with zero attached hydrogens (tertiary/aromatic N) is 6. The van der Waals surface area contributed by atoms with Gasteiger partial charge < -0.3 is 15.1 Å². The van der Waals surface area contributed by atoms with Gasteiger partial charge >= 0.3 is 5.97 Å². The number of benzene rings is 4. The number of carboxylic acid groups (broad SMARTS) is 1. The van der Waals surface area contributed by atoms with E-state index in [1.54, 1.807) is 24.3 Å². The summed E-state index contributed by atoms with van der Waals surface area (Å²) in [6.45, 7) is 9.09. The SMILES string of the molecule is Cc1ccc(C(=O)O)c(-n2nnc(-c3ccccc3Cc3cc(O)cc(N4C[C@@H](C)N(Cc5ccccc5)C[C@@H]4C)c3)n2)c1. The van der Waals surface area contributed by atoms with Crippen LogP contribution in [0, 0.1) is 6.92 Å². The molecule has 0 aliphatic carbocycles. The van der Waals surface area contributed by atoms with Gasteiger partial charge in [-0.25, -0.2) is 4.79 Å². The number of phenolic OH excluding ortho intramolecular Hbond substituents is 1. The lowest BCUT2D eigenvalue weighted by Crippen LogP contribution is -2.56. The average molecular weight is 589 g/mol. The van der Waals surface area contributed by atoms with E-state index in [1.165, 1.54) is 10.4 Å². The average Bonchev–Trinajstić information content (AvgIpc) is 3.49. The van der Waals surface area contributed by atoms with Crippen molar-refractivity contribution in [2.24, 2.45) is 0 Å². The number of aryl methyl sites for hydroxylation is 1. The Balaban J connectivity index is 1.24. The van der Waals surface area contributed by atoms with E-state index < -0.39 is 5.97 Å². The third kappa shape index (κ3) is 6.18. The van der Waals surface area contributed by atoms with Crippen molar-refractivity contribution < 1.29 is 15.0 Å². The highest BCUT2D eigenvalue weighted by molar-refractivity contribution is 5.92. The second-order valence-corrected chi connectivity index (χ2v) is 11.7. The van der Waals surface area contributed by atoms with Crippen LogP contribution in [0.2, 0.25) is 0 Å². The predicted octanol–water partition coefficient (Wildman–Crippen LogP) is 5.73. The minimum Gasteiger partial charge on any atom is -0.508 e. The number of aromatic nitrogens is 4. The van der Waals surface area contributed by atoms with Crippen LogP contribution in [-0.4, -0.2) is 66.5 Å². The summed E-state index contributed by atoms with van der Waals surface area (Å²) in [6.07, 6.45) is 0.550. The maximum absolute atomic E-state index is 11.8. The fourth-order valence-corrected chi connectivity index (χ4v) is 6.05. The van der Waals surface area contributed by atoms with Crippen molar-refractivity contribution in [3.8, 4) is 22.8 Å². The molecule has 6 rings (SSSR count). The largest absolute Gasteiger partial charge is 0.508 e. The van der Waals surface area contributed by atoms with E-state index >= 15 is 0 Å². The molecule has 9 heteroatoms. The van der Waals surface area contributed by atoms with Crippen LogP contribution in [0.25, 0.3) is 17.1 Å². The van der Waals surface area contributed by atoms with Gasteiger partial charge in [-0.15, -0.1) is 15.0 Å². The van der Waals surface area contributed by atoms with Crippen LogP contribution in [0.5, 0.6) is 5.75 Å². The number of carbonyl (C=O) groups is 1. The fraction of sp³-hybridized carbons (Fsp3) is 0.257. The van der Waals surface area contributed by atoms with Crippen LogP contribution in [0.15, 0.2) is 91.0 Å². The van der Waals surface area contributed by atoms with E-state index in [9.17, 15) is 15.0 Å². The van der Waals surface area contributed by atoms with E-state index in [0.717, 1.165) is 47.6 Å². The molecule has 2 atom stereocenters. The molecule has 1 fully saturated rings. The minimum absolute atomic E-state index is 0.101. The Kier molecular flexibility index (Phi) is 8.13. The Labute approximate surface area is 257 Å². The van der Waals surface area contributed by atoms with Gasteiger partial charge in [0, 0.05) is 49.0 Å². The maximum Gasteiger partial charge on any atom is 0.337 e. The maximum atomic E-state index is 11.8. The summed E-state index contributed by atoms with van der Waals surface area (Å²) in [5.74, 6) is -0.428. The van der Waals surface area contributed by atoms with Crippen molar-refractivity contribution in [1.29, 1.82) is 0 Å². The van der Waals surface area contributed by atoms with Crippen molar-refractivity contribution in [3.63, 3.8) is 0 Å². The zero-order valence-corrected chi connectivity index (χ0v) is 25.1. The molecular weight excluding hydrogens is 552 g/mol. The third-order valence-electron chi connectivity index (χ3n) is 8.30. The lowest BCUT2D eigenvalue weighted by molar-refractivity contribution is 0.0696. The third-order valence-corrected chi connectivity index (χ3v) is 8.30. The Morgan fingerprint density at radius 1 is 0.886 bits per heavy atom. The molecule has 44 heavy (non-hydrogen) atoms. The van der Waals surface area contributed by atoms with Crippen molar-refractivity contribution >= 4 is 11.7 Å². The number of hydrogen-bond donors (Lipinski definition) is 2. The zero-order valence-electron chi connectivity index (χ0n) is 25.1. The van der Waals surface area contributed by atoms with Crippen LogP contribution < -0.4 is 4.90 Å². The highest BCUT2D eigenvalue weighted by Crippen LogP contribution is 2.31.